The van der Waals surface area contributed by atoms with Gasteiger partial charge in [0, 0.05) is 23.8 Å². The van der Waals surface area contributed by atoms with Gasteiger partial charge in [-0.3, -0.25) is 14.8 Å². The molecule has 1 saturated heterocycles. The highest BCUT2D eigenvalue weighted by atomic mass is 32.1. The zero-order valence-electron chi connectivity index (χ0n) is 11.2. The van der Waals surface area contributed by atoms with E-state index in [1.54, 1.807) is 18.6 Å². The Balaban J connectivity index is 1.74. The van der Waals surface area contributed by atoms with E-state index in [2.05, 4.69) is 9.97 Å². The molecule has 0 aliphatic carbocycles. The lowest BCUT2D eigenvalue weighted by Gasteiger charge is -2.32. The van der Waals surface area contributed by atoms with Crippen molar-refractivity contribution in [3.63, 3.8) is 0 Å². The topological polar surface area (TPSA) is 55.3 Å². The summed E-state index contributed by atoms with van der Waals surface area (Å²) in [6, 6.07) is 3.85. The molecule has 1 aliphatic heterocycles. The molecule has 1 atom stereocenters. The zero-order valence-corrected chi connectivity index (χ0v) is 12.0. The van der Waals surface area contributed by atoms with E-state index >= 15 is 0 Å². The molecule has 1 unspecified atom stereocenters. The maximum absolute atomic E-state index is 12.4. The molecule has 1 aliphatic rings. The van der Waals surface area contributed by atoms with Crippen LogP contribution >= 0.6 is 11.3 Å². The van der Waals surface area contributed by atoms with E-state index in [0.29, 0.717) is 19.7 Å². The second-order valence-corrected chi connectivity index (χ2v) is 5.94. The predicted molar refractivity (Wildman–Crippen MR) is 75.7 cm³/mol. The number of nitrogens with zero attached hydrogens (tertiary/aromatic N) is 3. The van der Waals surface area contributed by atoms with Crippen LogP contribution in [0.25, 0.3) is 0 Å². The van der Waals surface area contributed by atoms with Crippen molar-refractivity contribution in [1.82, 2.24) is 14.9 Å². The summed E-state index contributed by atoms with van der Waals surface area (Å²) >= 11 is 1.53. The Morgan fingerprint density at radius 3 is 3.05 bits per heavy atom. The van der Waals surface area contributed by atoms with E-state index in [0.717, 1.165) is 15.4 Å². The van der Waals surface area contributed by atoms with Gasteiger partial charge in [0.2, 0.25) is 0 Å². The quantitative estimate of drug-likeness (QED) is 0.849. The van der Waals surface area contributed by atoms with Gasteiger partial charge >= 0.3 is 0 Å². The number of rotatable bonds is 2. The van der Waals surface area contributed by atoms with Crippen molar-refractivity contribution >= 4 is 17.2 Å². The summed E-state index contributed by atoms with van der Waals surface area (Å²) in [5.74, 6) is 0.0697. The van der Waals surface area contributed by atoms with E-state index in [4.69, 9.17) is 4.74 Å². The first-order valence-corrected chi connectivity index (χ1v) is 7.29. The fraction of sp³-hybridized carbons (Fsp3) is 0.357. The first kappa shape index (κ1) is 13.2. The molecular weight excluding hydrogens is 274 g/mol. The van der Waals surface area contributed by atoms with Crippen LogP contribution in [-0.4, -0.2) is 40.5 Å². The molecule has 0 N–H and O–H groups in total. The first-order valence-electron chi connectivity index (χ1n) is 6.47. The second-order valence-electron chi connectivity index (χ2n) is 4.65. The summed E-state index contributed by atoms with van der Waals surface area (Å²) in [5.41, 5.74) is 0.771. The van der Waals surface area contributed by atoms with Crippen LogP contribution in [0.3, 0.4) is 0 Å². The molecule has 20 heavy (non-hydrogen) atoms. The maximum Gasteiger partial charge on any atom is 0.264 e. The van der Waals surface area contributed by atoms with Gasteiger partial charge < -0.3 is 9.64 Å². The van der Waals surface area contributed by atoms with Crippen molar-refractivity contribution in [1.29, 1.82) is 0 Å². The molecule has 0 saturated carbocycles. The van der Waals surface area contributed by atoms with Gasteiger partial charge in [-0.25, -0.2) is 0 Å². The monoisotopic (exact) mass is 289 g/mol. The third kappa shape index (κ3) is 2.71. The third-order valence-electron chi connectivity index (χ3n) is 3.22. The molecule has 3 rings (SSSR count). The van der Waals surface area contributed by atoms with Gasteiger partial charge in [-0.05, 0) is 19.1 Å². The highest BCUT2D eigenvalue weighted by Gasteiger charge is 2.27. The van der Waals surface area contributed by atoms with Crippen molar-refractivity contribution in [2.45, 2.75) is 13.0 Å². The lowest BCUT2D eigenvalue weighted by Crippen LogP contribution is -2.42. The molecule has 0 bridgehead atoms. The van der Waals surface area contributed by atoms with E-state index in [-0.39, 0.29) is 12.0 Å². The molecule has 6 heteroatoms. The summed E-state index contributed by atoms with van der Waals surface area (Å²) in [6.45, 7) is 3.67. The molecule has 1 amide bonds. The lowest BCUT2D eigenvalue weighted by molar-refractivity contribution is -0.0247. The second kappa shape index (κ2) is 5.68. The summed E-state index contributed by atoms with van der Waals surface area (Å²) in [7, 11) is 0. The molecule has 2 aromatic heterocycles. The highest BCUT2D eigenvalue weighted by molar-refractivity contribution is 7.13. The molecule has 104 valence electrons. The van der Waals surface area contributed by atoms with Crippen molar-refractivity contribution in [2.24, 2.45) is 0 Å². The van der Waals surface area contributed by atoms with Crippen LogP contribution in [-0.2, 0) is 4.74 Å². The Morgan fingerprint density at radius 2 is 2.35 bits per heavy atom. The Labute approximate surface area is 121 Å². The molecule has 0 radical (unpaired) electrons. The van der Waals surface area contributed by atoms with Crippen LogP contribution in [0.5, 0.6) is 0 Å². The third-order valence-corrected chi connectivity index (χ3v) is 4.21. The van der Waals surface area contributed by atoms with Crippen LogP contribution in [0.1, 0.15) is 26.3 Å². The minimum Gasteiger partial charge on any atom is -0.368 e. The van der Waals surface area contributed by atoms with Crippen LogP contribution in [0, 0.1) is 6.92 Å². The Bertz CT molecular complexity index is 599. The van der Waals surface area contributed by atoms with Gasteiger partial charge in [-0.2, -0.15) is 0 Å². The van der Waals surface area contributed by atoms with Gasteiger partial charge in [0.1, 0.15) is 6.10 Å². The normalized spacial score (nSPS) is 19.1. The van der Waals surface area contributed by atoms with Gasteiger partial charge in [0.15, 0.2) is 0 Å². The lowest BCUT2D eigenvalue weighted by atomic mass is 10.2. The van der Waals surface area contributed by atoms with E-state index < -0.39 is 0 Å². The number of aromatic nitrogens is 2. The fourth-order valence-corrected chi connectivity index (χ4v) is 3.03. The number of ether oxygens (including phenoxy) is 1. The zero-order chi connectivity index (χ0) is 13.9. The van der Waals surface area contributed by atoms with Gasteiger partial charge in [-0.15, -0.1) is 11.3 Å². The fourth-order valence-electron chi connectivity index (χ4n) is 2.19. The Kier molecular flexibility index (Phi) is 3.75. The molecule has 1 fully saturated rings. The average molecular weight is 289 g/mol. The molecule has 0 spiro atoms. The number of thiophene rings is 1. The number of hydrogen-bond acceptors (Lipinski definition) is 5. The summed E-state index contributed by atoms with van der Waals surface area (Å²) in [4.78, 5) is 24.5. The summed E-state index contributed by atoms with van der Waals surface area (Å²) in [6.07, 6.45) is 4.77. The summed E-state index contributed by atoms with van der Waals surface area (Å²) < 4.78 is 5.69. The number of amides is 1. The minimum absolute atomic E-state index is 0.0697. The van der Waals surface area contributed by atoms with Gasteiger partial charge in [0.25, 0.3) is 5.91 Å². The standard InChI is InChI=1S/C14H15N3O2S/c1-10-2-3-13(20-10)14(18)17-6-7-19-12(9-17)11-8-15-4-5-16-11/h2-5,8,12H,6-7,9H2,1H3. The van der Waals surface area contributed by atoms with E-state index in [1.807, 2.05) is 24.0 Å². The number of morpholine rings is 1. The van der Waals surface area contributed by atoms with Crippen LogP contribution in [0.4, 0.5) is 0 Å². The SMILES string of the molecule is Cc1ccc(C(=O)N2CCOC(c3cnccn3)C2)s1. The van der Waals surface area contributed by atoms with E-state index in [1.165, 1.54) is 11.3 Å². The van der Waals surface area contributed by atoms with Gasteiger partial charge in [0.05, 0.1) is 29.9 Å². The number of carbonyl (C=O) groups is 1. The van der Waals surface area contributed by atoms with E-state index in [9.17, 15) is 4.79 Å². The number of hydrogen-bond donors (Lipinski definition) is 0. The van der Waals surface area contributed by atoms with Crippen molar-refractivity contribution < 1.29 is 9.53 Å². The van der Waals surface area contributed by atoms with Crippen LogP contribution in [0.2, 0.25) is 0 Å². The first-order chi connectivity index (χ1) is 9.74. The highest BCUT2D eigenvalue weighted by Crippen LogP contribution is 2.23. The number of carbonyl (C=O) groups excluding carboxylic acids is 1. The van der Waals surface area contributed by atoms with Crippen molar-refractivity contribution in [2.75, 3.05) is 19.7 Å². The average Bonchev–Trinajstić information content (AvgIpc) is 2.94. The van der Waals surface area contributed by atoms with Crippen molar-refractivity contribution in [3.8, 4) is 0 Å². The Hall–Kier alpha value is -1.79. The molecule has 0 aromatic carbocycles. The smallest absolute Gasteiger partial charge is 0.264 e. The molecule has 3 heterocycles. The minimum atomic E-state index is -0.192. The number of aryl methyl sites for hydroxylation is 1. The Morgan fingerprint density at radius 1 is 1.45 bits per heavy atom. The molecular formula is C14H15N3O2S. The predicted octanol–water partition coefficient (Wildman–Crippen LogP) is 2.06. The van der Waals surface area contributed by atoms with Crippen LogP contribution < -0.4 is 0 Å². The van der Waals surface area contributed by atoms with Crippen LogP contribution in [0.15, 0.2) is 30.7 Å². The van der Waals surface area contributed by atoms with Gasteiger partial charge in [-0.1, -0.05) is 0 Å². The molecule has 2 aromatic rings. The summed E-state index contributed by atoms with van der Waals surface area (Å²) in [5, 5.41) is 0. The largest absolute Gasteiger partial charge is 0.368 e. The molecule has 5 nitrogen and oxygen atoms in total. The maximum atomic E-state index is 12.4. The van der Waals surface area contributed by atoms with Crippen molar-refractivity contribution in [3.05, 3.63) is 46.2 Å².